The zero-order valence-corrected chi connectivity index (χ0v) is 6.94. The minimum absolute atomic E-state index is 0.193. The topological polar surface area (TPSA) is 12.5 Å². The molecule has 0 amide bonds. The summed E-state index contributed by atoms with van der Waals surface area (Å²) in [6.07, 6.45) is -4.86. The summed E-state index contributed by atoms with van der Waals surface area (Å²) in [5.41, 5.74) is -0.780. The van der Waals surface area contributed by atoms with Crippen LogP contribution in [0.25, 0.3) is 0 Å². The molecule has 1 aliphatic heterocycles. The number of alkyl halides is 3. The Morgan fingerprint density at radius 3 is 2.36 bits per heavy atom. The van der Waals surface area contributed by atoms with E-state index < -0.39 is 17.6 Å². The van der Waals surface area contributed by atoms with E-state index >= 15 is 0 Å². The summed E-state index contributed by atoms with van der Waals surface area (Å²) >= 11 is 0. The Bertz CT molecular complexity index is 354. The van der Waals surface area contributed by atoms with E-state index in [1.165, 1.54) is 0 Å². The molecule has 0 aromatic heterocycles. The van der Waals surface area contributed by atoms with Crippen LogP contribution in [0.2, 0.25) is 0 Å². The van der Waals surface area contributed by atoms with E-state index in [2.05, 4.69) is 0 Å². The van der Waals surface area contributed by atoms with Crippen LogP contribution >= 0.6 is 0 Å². The minimum Gasteiger partial charge on any atom is -0.368 e. The van der Waals surface area contributed by atoms with Crippen molar-refractivity contribution in [1.82, 2.24) is 0 Å². The van der Waals surface area contributed by atoms with Gasteiger partial charge in [0.1, 0.15) is 11.9 Å². The van der Waals surface area contributed by atoms with Crippen molar-refractivity contribution in [3.63, 3.8) is 0 Å². The van der Waals surface area contributed by atoms with Gasteiger partial charge in [-0.15, -0.1) is 0 Å². The molecule has 1 atom stereocenters. The highest BCUT2D eigenvalue weighted by Gasteiger charge is 2.33. The molecule has 14 heavy (non-hydrogen) atoms. The maximum absolute atomic E-state index is 13.1. The van der Waals surface area contributed by atoms with Gasteiger partial charge in [-0.2, -0.15) is 13.2 Å². The van der Waals surface area contributed by atoms with E-state index in [1.54, 1.807) is 0 Å². The van der Waals surface area contributed by atoms with Crippen LogP contribution in [0, 0.1) is 5.82 Å². The molecular weight excluding hydrogens is 200 g/mol. The molecule has 0 bridgehead atoms. The molecule has 0 radical (unpaired) electrons. The lowest BCUT2D eigenvalue weighted by Crippen LogP contribution is -2.06. The summed E-state index contributed by atoms with van der Waals surface area (Å²) in [5.74, 6) is -0.859. The van der Waals surface area contributed by atoms with Gasteiger partial charge in [-0.05, 0) is 12.1 Å². The van der Waals surface area contributed by atoms with Gasteiger partial charge in [0.25, 0.3) is 0 Å². The van der Waals surface area contributed by atoms with Crippen LogP contribution in [-0.4, -0.2) is 6.61 Å². The molecule has 76 valence electrons. The van der Waals surface area contributed by atoms with Crippen molar-refractivity contribution in [2.45, 2.75) is 12.3 Å². The van der Waals surface area contributed by atoms with Gasteiger partial charge in [-0.3, -0.25) is 0 Å². The fraction of sp³-hybridized carbons (Fsp3) is 0.333. The average Bonchev–Trinajstić information content (AvgIpc) is 2.85. The molecule has 1 heterocycles. The summed E-state index contributed by atoms with van der Waals surface area (Å²) in [6, 6.07) is 2.48. The largest absolute Gasteiger partial charge is 0.416 e. The first-order valence-electron chi connectivity index (χ1n) is 3.97. The molecule has 0 saturated carbocycles. The minimum atomic E-state index is -4.50. The van der Waals surface area contributed by atoms with E-state index in [0.717, 1.165) is 12.1 Å². The Balaban J connectivity index is 2.35. The highest BCUT2D eigenvalue weighted by Crippen LogP contribution is 2.35. The third-order valence-electron chi connectivity index (χ3n) is 2.01. The predicted molar refractivity (Wildman–Crippen MR) is 40.1 cm³/mol. The quantitative estimate of drug-likeness (QED) is 0.508. The lowest BCUT2D eigenvalue weighted by molar-refractivity contribution is -0.137. The van der Waals surface area contributed by atoms with Crippen LogP contribution in [0.15, 0.2) is 18.2 Å². The molecule has 5 heteroatoms. The lowest BCUT2D eigenvalue weighted by Gasteiger charge is -2.07. The molecule has 1 saturated heterocycles. The maximum atomic E-state index is 13.1. The normalized spacial score (nSPS) is 21.0. The smallest absolute Gasteiger partial charge is 0.368 e. The molecule has 1 aliphatic rings. The highest BCUT2D eigenvalue weighted by atomic mass is 19.4. The van der Waals surface area contributed by atoms with Crippen LogP contribution in [0.3, 0.4) is 0 Å². The van der Waals surface area contributed by atoms with Crippen LogP contribution in [0.1, 0.15) is 17.2 Å². The molecule has 1 fully saturated rings. The first kappa shape index (κ1) is 9.45. The average molecular weight is 206 g/mol. The Labute approximate surface area is 77.3 Å². The lowest BCUT2D eigenvalue weighted by atomic mass is 10.1. The molecule has 1 aromatic rings. The summed E-state index contributed by atoms with van der Waals surface area (Å²) in [4.78, 5) is 0. The first-order valence-corrected chi connectivity index (χ1v) is 3.97. The van der Waals surface area contributed by atoms with Crippen LogP contribution in [0.4, 0.5) is 17.6 Å². The SMILES string of the molecule is Fc1cc(C(F)(F)F)ccc1[C@@H]1CO1. The number of halogens is 4. The van der Waals surface area contributed by atoms with E-state index in [4.69, 9.17) is 4.74 Å². The number of hydrogen-bond acceptors (Lipinski definition) is 1. The molecule has 0 spiro atoms. The van der Waals surface area contributed by atoms with E-state index in [-0.39, 0.29) is 11.7 Å². The zero-order valence-electron chi connectivity index (χ0n) is 6.94. The van der Waals surface area contributed by atoms with Crippen LogP contribution in [0.5, 0.6) is 0 Å². The van der Waals surface area contributed by atoms with Crippen molar-refractivity contribution in [2.75, 3.05) is 6.61 Å². The second-order valence-corrected chi connectivity index (χ2v) is 3.06. The summed E-state index contributed by atoms with van der Waals surface area (Å²) in [6.45, 7) is 0.377. The van der Waals surface area contributed by atoms with Crippen molar-refractivity contribution in [3.8, 4) is 0 Å². The molecule has 0 N–H and O–H groups in total. The van der Waals surface area contributed by atoms with E-state index in [0.29, 0.717) is 12.7 Å². The fourth-order valence-corrected chi connectivity index (χ4v) is 1.19. The van der Waals surface area contributed by atoms with Crippen LogP contribution in [-0.2, 0) is 10.9 Å². The molecule has 1 aromatic carbocycles. The zero-order chi connectivity index (χ0) is 10.3. The van der Waals surface area contributed by atoms with Gasteiger partial charge in [0, 0.05) is 5.56 Å². The monoisotopic (exact) mass is 206 g/mol. The Morgan fingerprint density at radius 1 is 1.29 bits per heavy atom. The third kappa shape index (κ3) is 1.72. The molecule has 2 rings (SSSR count). The van der Waals surface area contributed by atoms with Gasteiger partial charge in [0.2, 0.25) is 0 Å². The maximum Gasteiger partial charge on any atom is 0.416 e. The van der Waals surface area contributed by atoms with Gasteiger partial charge >= 0.3 is 6.18 Å². The Morgan fingerprint density at radius 2 is 1.93 bits per heavy atom. The summed E-state index contributed by atoms with van der Waals surface area (Å²) in [7, 11) is 0. The van der Waals surface area contributed by atoms with E-state index in [1.807, 2.05) is 0 Å². The van der Waals surface area contributed by atoms with Crippen molar-refractivity contribution >= 4 is 0 Å². The summed E-state index contributed by atoms with van der Waals surface area (Å²) in [5, 5.41) is 0. The molecule has 1 nitrogen and oxygen atoms in total. The number of hydrogen-bond donors (Lipinski definition) is 0. The molecule has 0 aliphatic carbocycles. The van der Waals surface area contributed by atoms with Crippen molar-refractivity contribution in [3.05, 3.63) is 35.1 Å². The number of ether oxygens (including phenoxy) is 1. The second-order valence-electron chi connectivity index (χ2n) is 3.06. The van der Waals surface area contributed by atoms with Crippen molar-refractivity contribution < 1.29 is 22.3 Å². The standard InChI is InChI=1S/C9H6F4O/c10-7-3-5(9(11,12)13)1-2-6(7)8-4-14-8/h1-3,8H,4H2/t8-/m0/s1. The van der Waals surface area contributed by atoms with Gasteiger partial charge in [-0.25, -0.2) is 4.39 Å². The highest BCUT2D eigenvalue weighted by molar-refractivity contribution is 5.29. The van der Waals surface area contributed by atoms with Gasteiger partial charge in [-0.1, -0.05) is 6.07 Å². The van der Waals surface area contributed by atoms with Crippen LogP contribution < -0.4 is 0 Å². The molecular formula is C9H6F4O. The predicted octanol–water partition coefficient (Wildman–Crippen LogP) is 2.92. The van der Waals surface area contributed by atoms with Gasteiger partial charge in [0.15, 0.2) is 0 Å². The van der Waals surface area contributed by atoms with Crippen molar-refractivity contribution in [2.24, 2.45) is 0 Å². The fourth-order valence-electron chi connectivity index (χ4n) is 1.19. The second kappa shape index (κ2) is 2.95. The number of rotatable bonds is 1. The Kier molecular flexibility index (Phi) is 1.99. The third-order valence-corrected chi connectivity index (χ3v) is 2.01. The van der Waals surface area contributed by atoms with Crippen molar-refractivity contribution in [1.29, 1.82) is 0 Å². The number of epoxide rings is 1. The summed E-state index contributed by atoms with van der Waals surface area (Å²) < 4.78 is 54.2. The van der Waals surface area contributed by atoms with Gasteiger partial charge < -0.3 is 4.74 Å². The Hall–Kier alpha value is -1.10. The first-order chi connectivity index (χ1) is 6.48. The van der Waals surface area contributed by atoms with E-state index in [9.17, 15) is 17.6 Å². The number of benzene rings is 1. The molecule has 0 unspecified atom stereocenters. The van der Waals surface area contributed by atoms with Gasteiger partial charge in [0.05, 0.1) is 12.2 Å².